The molecule has 0 unspecified atom stereocenters. The quantitative estimate of drug-likeness (QED) is 0.526. The number of nitrogens with zero attached hydrogens (tertiary/aromatic N) is 3. The molecule has 0 spiro atoms. The van der Waals surface area contributed by atoms with Gasteiger partial charge in [-0.2, -0.15) is 0 Å². The van der Waals surface area contributed by atoms with Crippen LogP contribution in [0.5, 0.6) is 5.75 Å². The maximum absolute atomic E-state index is 14.7. The third-order valence-electron chi connectivity index (χ3n) is 5.58. The van der Waals surface area contributed by atoms with Gasteiger partial charge >= 0.3 is 6.09 Å². The first-order valence-electron chi connectivity index (χ1n) is 10.5. The lowest BCUT2D eigenvalue weighted by atomic mass is 9.75. The number of ether oxygens (including phenoxy) is 2. The molecule has 0 radical (unpaired) electrons. The van der Waals surface area contributed by atoms with Crippen molar-refractivity contribution >= 4 is 40.1 Å². The van der Waals surface area contributed by atoms with Crippen LogP contribution < -0.4 is 10.1 Å². The lowest BCUT2D eigenvalue weighted by Crippen LogP contribution is -2.60. The summed E-state index contributed by atoms with van der Waals surface area (Å²) in [4.78, 5) is 22.7. The van der Waals surface area contributed by atoms with Crippen molar-refractivity contribution in [3.8, 4) is 5.75 Å². The Morgan fingerprint density at radius 1 is 1.21 bits per heavy atom. The van der Waals surface area contributed by atoms with Gasteiger partial charge < -0.3 is 19.7 Å². The van der Waals surface area contributed by atoms with Crippen molar-refractivity contribution < 1.29 is 18.7 Å². The van der Waals surface area contributed by atoms with Crippen LogP contribution in [0.2, 0.25) is 5.02 Å². The van der Waals surface area contributed by atoms with E-state index in [4.69, 9.17) is 21.1 Å². The van der Waals surface area contributed by atoms with Crippen LogP contribution >= 0.6 is 11.6 Å². The minimum absolute atomic E-state index is 0.106. The number of hydrogen-bond acceptors (Lipinski definition) is 6. The zero-order valence-corrected chi connectivity index (χ0v) is 20.0. The summed E-state index contributed by atoms with van der Waals surface area (Å²) in [5.74, 6) is 0.0776. The molecule has 1 fully saturated rings. The van der Waals surface area contributed by atoms with Crippen LogP contribution in [-0.4, -0.2) is 46.8 Å². The van der Waals surface area contributed by atoms with Gasteiger partial charge in [-0.05, 0) is 50.6 Å². The van der Waals surface area contributed by atoms with E-state index in [-0.39, 0.29) is 28.0 Å². The predicted molar refractivity (Wildman–Crippen MR) is 126 cm³/mol. The van der Waals surface area contributed by atoms with E-state index in [1.54, 1.807) is 17.0 Å². The fourth-order valence-electron chi connectivity index (χ4n) is 3.88. The van der Waals surface area contributed by atoms with Gasteiger partial charge in [0, 0.05) is 23.9 Å². The summed E-state index contributed by atoms with van der Waals surface area (Å²) in [5, 5.41) is 3.65. The maximum atomic E-state index is 14.7. The number of halogens is 2. The molecular weight excluding hydrogens is 447 g/mol. The molecular formula is C24H26ClFN4O3. The lowest BCUT2D eigenvalue weighted by Gasteiger charge is -2.48. The highest BCUT2D eigenvalue weighted by Crippen LogP contribution is 2.38. The molecule has 174 valence electrons. The number of nitrogens with one attached hydrogen (secondary N) is 1. The molecule has 33 heavy (non-hydrogen) atoms. The molecule has 3 aromatic rings. The van der Waals surface area contributed by atoms with Crippen LogP contribution in [-0.2, 0) is 10.2 Å². The third kappa shape index (κ3) is 4.53. The van der Waals surface area contributed by atoms with Gasteiger partial charge in [0.2, 0.25) is 0 Å². The molecule has 4 rings (SSSR count). The smallest absolute Gasteiger partial charge is 0.410 e. The van der Waals surface area contributed by atoms with E-state index in [0.29, 0.717) is 24.4 Å². The van der Waals surface area contributed by atoms with Crippen LogP contribution in [0.15, 0.2) is 36.7 Å². The SMILES string of the molecule is COc1ccc(Nc2ncnc3ccc(C4(C)CN(C(=O)OC(C)(C)C)C4)cc23)c(F)c1Cl. The first-order valence-corrected chi connectivity index (χ1v) is 10.9. The molecule has 2 heterocycles. The molecule has 0 bridgehead atoms. The summed E-state index contributed by atoms with van der Waals surface area (Å²) in [7, 11) is 1.43. The number of amides is 1. The van der Waals surface area contributed by atoms with Crippen molar-refractivity contribution in [2.75, 3.05) is 25.5 Å². The van der Waals surface area contributed by atoms with Crippen LogP contribution in [0.25, 0.3) is 10.9 Å². The molecule has 1 N–H and O–H groups in total. The summed E-state index contributed by atoms with van der Waals surface area (Å²) < 4.78 is 25.3. The second kappa shape index (κ2) is 8.33. The highest BCUT2D eigenvalue weighted by Gasteiger charge is 2.44. The number of carbonyl (C=O) groups excluding carboxylic acids is 1. The fraction of sp³-hybridized carbons (Fsp3) is 0.375. The van der Waals surface area contributed by atoms with Gasteiger partial charge in [0.25, 0.3) is 0 Å². The minimum Gasteiger partial charge on any atom is -0.495 e. The van der Waals surface area contributed by atoms with Gasteiger partial charge in [-0.3, -0.25) is 0 Å². The molecule has 1 aliphatic heterocycles. The van der Waals surface area contributed by atoms with Gasteiger partial charge in [0.05, 0.1) is 18.3 Å². The summed E-state index contributed by atoms with van der Waals surface area (Å²) in [6, 6.07) is 9.01. The van der Waals surface area contributed by atoms with E-state index < -0.39 is 11.4 Å². The Kier molecular flexibility index (Phi) is 5.82. The Bertz CT molecular complexity index is 1220. The molecule has 0 saturated carbocycles. The minimum atomic E-state index is -0.627. The van der Waals surface area contributed by atoms with Crippen LogP contribution in [0.4, 0.5) is 20.7 Å². The molecule has 0 aliphatic carbocycles. The highest BCUT2D eigenvalue weighted by molar-refractivity contribution is 6.32. The number of likely N-dealkylation sites (tertiary alicyclic amines) is 1. The van der Waals surface area contributed by atoms with Gasteiger partial charge in [0.1, 0.15) is 28.5 Å². The van der Waals surface area contributed by atoms with E-state index in [9.17, 15) is 9.18 Å². The van der Waals surface area contributed by atoms with E-state index in [2.05, 4.69) is 22.2 Å². The Balaban J connectivity index is 1.61. The molecule has 1 saturated heterocycles. The van der Waals surface area contributed by atoms with Crippen molar-refractivity contribution in [2.45, 2.75) is 38.7 Å². The predicted octanol–water partition coefficient (Wildman–Crippen LogP) is 5.68. The second-order valence-electron chi connectivity index (χ2n) is 9.42. The van der Waals surface area contributed by atoms with Crippen molar-refractivity contribution in [1.82, 2.24) is 14.9 Å². The monoisotopic (exact) mass is 472 g/mol. The topological polar surface area (TPSA) is 76.6 Å². The summed E-state index contributed by atoms with van der Waals surface area (Å²) in [6.45, 7) is 8.70. The van der Waals surface area contributed by atoms with Crippen molar-refractivity contribution in [3.05, 3.63) is 53.1 Å². The van der Waals surface area contributed by atoms with E-state index in [1.165, 1.54) is 13.4 Å². The van der Waals surface area contributed by atoms with Crippen LogP contribution in [0.1, 0.15) is 33.3 Å². The standard InChI is InChI=1S/C24H26ClFN4O3/c1-23(2,3)33-22(31)30-11-24(4,12-30)14-6-7-16-15(10-14)21(28-13-27-16)29-17-8-9-18(32-5)19(25)20(17)26/h6-10,13H,11-12H2,1-5H3,(H,27,28,29). The normalized spacial score (nSPS) is 15.2. The maximum Gasteiger partial charge on any atom is 0.410 e. The second-order valence-corrected chi connectivity index (χ2v) is 9.80. The number of hydrogen-bond donors (Lipinski definition) is 1. The number of methoxy groups -OCH3 is 1. The number of carbonyl (C=O) groups is 1. The fourth-order valence-corrected chi connectivity index (χ4v) is 4.12. The van der Waals surface area contributed by atoms with Gasteiger partial charge in [-0.25, -0.2) is 19.2 Å². The lowest BCUT2D eigenvalue weighted by molar-refractivity contribution is -0.00648. The van der Waals surface area contributed by atoms with E-state index >= 15 is 0 Å². The van der Waals surface area contributed by atoms with Crippen molar-refractivity contribution in [2.24, 2.45) is 0 Å². The Labute approximate surface area is 196 Å². The zero-order chi connectivity index (χ0) is 24.0. The molecule has 1 amide bonds. The van der Waals surface area contributed by atoms with Gasteiger partial charge in [0.15, 0.2) is 5.82 Å². The largest absolute Gasteiger partial charge is 0.495 e. The molecule has 7 nitrogen and oxygen atoms in total. The summed E-state index contributed by atoms with van der Waals surface area (Å²) in [6.07, 6.45) is 1.10. The summed E-state index contributed by atoms with van der Waals surface area (Å²) in [5.41, 5.74) is 1.14. The molecule has 1 aliphatic rings. The van der Waals surface area contributed by atoms with Gasteiger partial charge in [-0.15, -0.1) is 0 Å². The van der Waals surface area contributed by atoms with Crippen LogP contribution in [0, 0.1) is 5.82 Å². The Hall–Kier alpha value is -3.13. The summed E-state index contributed by atoms with van der Waals surface area (Å²) >= 11 is 6.06. The first-order chi connectivity index (χ1) is 15.5. The molecule has 9 heteroatoms. The number of aromatic nitrogens is 2. The Morgan fingerprint density at radius 3 is 2.61 bits per heavy atom. The Morgan fingerprint density at radius 2 is 1.94 bits per heavy atom. The average Bonchev–Trinajstić information content (AvgIpc) is 2.73. The van der Waals surface area contributed by atoms with Crippen molar-refractivity contribution in [1.29, 1.82) is 0 Å². The third-order valence-corrected chi connectivity index (χ3v) is 5.94. The van der Waals surface area contributed by atoms with Gasteiger partial charge in [-0.1, -0.05) is 24.6 Å². The first kappa shape index (κ1) is 23.0. The van der Waals surface area contributed by atoms with E-state index in [0.717, 1.165) is 10.9 Å². The molecule has 2 aromatic carbocycles. The van der Waals surface area contributed by atoms with Crippen molar-refractivity contribution in [3.63, 3.8) is 0 Å². The average molecular weight is 473 g/mol. The number of benzene rings is 2. The van der Waals surface area contributed by atoms with E-state index in [1.807, 2.05) is 39.0 Å². The highest BCUT2D eigenvalue weighted by atomic mass is 35.5. The zero-order valence-electron chi connectivity index (χ0n) is 19.2. The number of rotatable bonds is 4. The number of fused-ring (bicyclic) bond motifs is 1. The molecule has 0 atom stereocenters. The molecule has 1 aromatic heterocycles. The van der Waals surface area contributed by atoms with Crippen LogP contribution in [0.3, 0.4) is 0 Å². The number of anilines is 2.